The van der Waals surface area contributed by atoms with Gasteiger partial charge in [0.2, 0.25) is 0 Å². The Morgan fingerprint density at radius 3 is 1.19 bits per heavy atom. The van der Waals surface area contributed by atoms with Gasteiger partial charge >= 0.3 is 11.9 Å². The summed E-state index contributed by atoms with van der Waals surface area (Å²) in [5, 5.41) is 0. The van der Waals surface area contributed by atoms with Crippen LogP contribution >= 0.6 is 0 Å². The highest BCUT2D eigenvalue weighted by molar-refractivity contribution is 5.70. The van der Waals surface area contributed by atoms with Crippen LogP contribution in [0.15, 0.2) is 72.9 Å². The Morgan fingerprint density at radius 2 is 0.726 bits per heavy atom. The number of carbonyl (C=O) groups is 2. The van der Waals surface area contributed by atoms with Gasteiger partial charge in [0.15, 0.2) is 6.10 Å². The quantitative estimate of drug-likeness (QED) is 0.0346. The number of rotatable bonds is 48. The predicted molar refractivity (Wildman–Crippen MR) is 270 cm³/mol. The van der Waals surface area contributed by atoms with E-state index in [0.29, 0.717) is 19.4 Å². The Balaban J connectivity index is 4.15. The SMILES string of the molecule is CC/C=C\C/C=C\C/C=C\C/C=C\C/C=C\CCCCCC(=O)OCC(COCCCCCCCCCCCC/C=C\CCCCCCCC)OC(=O)CCCCCCCCC. The zero-order valence-electron chi connectivity index (χ0n) is 41.1. The summed E-state index contributed by atoms with van der Waals surface area (Å²) in [5.41, 5.74) is 0. The van der Waals surface area contributed by atoms with Crippen molar-refractivity contribution in [3.8, 4) is 0 Å². The van der Waals surface area contributed by atoms with Crippen molar-refractivity contribution in [2.45, 2.75) is 258 Å². The van der Waals surface area contributed by atoms with Crippen molar-refractivity contribution in [2.75, 3.05) is 19.8 Å². The Bertz CT molecular complexity index is 1110. The first-order valence-electron chi connectivity index (χ1n) is 26.5. The summed E-state index contributed by atoms with van der Waals surface area (Å²) >= 11 is 0. The topological polar surface area (TPSA) is 61.8 Å². The minimum Gasteiger partial charge on any atom is -0.462 e. The maximum Gasteiger partial charge on any atom is 0.306 e. The van der Waals surface area contributed by atoms with Gasteiger partial charge in [0.05, 0.1) is 6.61 Å². The summed E-state index contributed by atoms with van der Waals surface area (Å²) in [6.45, 7) is 7.65. The Labute approximate surface area is 385 Å². The van der Waals surface area contributed by atoms with E-state index in [1.807, 2.05) is 0 Å². The van der Waals surface area contributed by atoms with Gasteiger partial charge in [-0.2, -0.15) is 0 Å². The van der Waals surface area contributed by atoms with Crippen LogP contribution in [0.3, 0.4) is 0 Å². The molecular formula is C57H100O5. The molecule has 1 unspecified atom stereocenters. The molecule has 0 fully saturated rings. The van der Waals surface area contributed by atoms with Crippen LogP contribution in [-0.2, 0) is 23.8 Å². The highest BCUT2D eigenvalue weighted by Gasteiger charge is 2.17. The molecule has 0 aliphatic rings. The molecule has 0 heterocycles. The van der Waals surface area contributed by atoms with E-state index < -0.39 is 6.10 Å². The third kappa shape index (κ3) is 50.0. The van der Waals surface area contributed by atoms with Gasteiger partial charge < -0.3 is 14.2 Å². The third-order valence-corrected chi connectivity index (χ3v) is 11.2. The summed E-state index contributed by atoms with van der Waals surface area (Å²) in [5.74, 6) is -0.437. The Kier molecular flexibility index (Phi) is 50.4. The van der Waals surface area contributed by atoms with Crippen molar-refractivity contribution in [2.24, 2.45) is 0 Å². The van der Waals surface area contributed by atoms with Crippen LogP contribution in [0.1, 0.15) is 252 Å². The molecule has 5 heteroatoms. The van der Waals surface area contributed by atoms with Gasteiger partial charge in [0.25, 0.3) is 0 Å². The smallest absolute Gasteiger partial charge is 0.306 e. The highest BCUT2D eigenvalue weighted by atomic mass is 16.6. The molecule has 5 nitrogen and oxygen atoms in total. The number of allylic oxidation sites excluding steroid dienone is 12. The molecule has 358 valence electrons. The lowest BCUT2D eigenvalue weighted by atomic mass is 10.1. The number of unbranched alkanes of at least 4 members (excludes halogenated alkanes) is 25. The fraction of sp³-hybridized carbons (Fsp3) is 0.754. The van der Waals surface area contributed by atoms with Crippen LogP contribution in [0.25, 0.3) is 0 Å². The lowest BCUT2D eigenvalue weighted by molar-refractivity contribution is -0.163. The van der Waals surface area contributed by atoms with E-state index >= 15 is 0 Å². The molecule has 0 bridgehead atoms. The predicted octanol–water partition coefficient (Wildman–Crippen LogP) is 17.9. The van der Waals surface area contributed by atoms with E-state index in [0.717, 1.165) is 89.9 Å². The fourth-order valence-corrected chi connectivity index (χ4v) is 7.30. The summed E-state index contributed by atoms with van der Waals surface area (Å²) < 4.78 is 17.3. The van der Waals surface area contributed by atoms with E-state index in [9.17, 15) is 9.59 Å². The number of ether oxygens (including phenoxy) is 3. The number of esters is 2. The van der Waals surface area contributed by atoms with Gasteiger partial charge in [-0.05, 0) is 89.9 Å². The van der Waals surface area contributed by atoms with Crippen molar-refractivity contribution < 1.29 is 23.8 Å². The van der Waals surface area contributed by atoms with Crippen molar-refractivity contribution in [1.82, 2.24) is 0 Å². The fourth-order valence-electron chi connectivity index (χ4n) is 7.30. The second kappa shape index (κ2) is 52.7. The van der Waals surface area contributed by atoms with Crippen LogP contribution < -0.4 is 0 Å². The van der Waals surface area contributed by atoms with E-state index in [1.54, 1.807) is 0 Å². The average Bonchev–Trinajstić information content (AvgIpc) is 3.27. The first kappa shape index (κ1) is 59.3. The molecule has 0 aromatic rings. The second-order valence-corrected chi connectivity index (χ2v) is 17.4. The van der Waals surface area contributed by atoms with Crippen LogP contribution in [0.2, 0.25) is 0 Å². The molecule has 0 amide bonds. The third-order valence-electron chi connectivity index (χ3n) is 11.2. The molecule has 0 aromatic heterocycles. The Morgan fingerprint density at radius 1 is 0.371 bits per heavy atom. The zero-order valence-corrected chi connectivity index (χ0v) is 41.1. The van der Waals surface area contributed by atoms with Crippen LogP contribution in [-0.4, -0.2) is 37.9 Å². The molecule has 0 N–H and O–H groups in total. The molecule has 0 aromatic carbocycles. The van der Waals surface area contributed by atoms with Crippen LogP contribution in [0.4, 0.5) is 0 Å². The van der Waals surface area contributed by atoms with Gasteiger partial charge in [-0.25, -0.2) is 0 Å². The largest absolute Gasteiger partial charge is 0.462 e. The lowest BCUT2D eigenvalue weighted by Gasteiger charge is -2.18. The standard InChI is InChI=1S/C57H100O5/c1-4-7-10-13-16-18-20-22-24-26-28-30-32-34-36-38-40-43-46-49-52-60-53-55(62-57(59)51-48-45-41-15-12-9-6-3)54-61-56(58)50-47-44-42-39-37-35-33-31-29-27-25-23-21-19-17-14-11-8-5-2/h8,11,17,19,22-25,29,31,35,37,55H,4-7,9-10,12-16,18,20-21,26-28,30,32-34,36,38-54H2,1-3H3/b11-8-,19-17-,24-22-,25-23-,31-29-,37-35-. The summed E-state index contributed by atoms with van der Waals surface area (Å²) in [6.07, 6.45) is 67.9. The zero-order chi connectivity index (χ0) is 44.9. The first-order chi connectivity index (χ1) is 30.6. The normalized spacial score (nSPS) is 12.8. The van der Waals surface area contributed by atoms with E-state index in [-0.39, 0.29) is 25.2 Å². The van der Waals surface area contributed by atoms with Gasteiger partial charge in [-0.15, -0.1) is 0 Å². The summed E-state index contributed by atoms with van der Waals surface area (Å²) in [7, 11) is 0. The second-order valence-electron chi connectivity index (χ2n) is 17.4. The maximum absolute atomic E-state index is 12.7. The van der Waals surface area contributed by atoms with Crippen molar-refractivity contribution in [3.05, 3.63) is 72.9 Å². The van der Waals surface area contributed by atoms with Crippen molar-refractivity contribution in [1.29, 1.82) is 0 Å². The van der Waals surface area contributed by atoms with Crippen molar-refractivity contribution >= 4 is 11.9 Å². The molecule has 0 aliphatic heterocycles. The Hall–Kier alpha value is -2.66. The van der Waals surface area contributed by atoms with Crippen LogP contribution in [0.5, 0.6) is 0 Å². The van der Waals surface area contributed by atoms with Crippen molar-refractivity contribution in [3.63, 3.8) is 0 Å². The molecule has 0 spiro atoms. The molecular weight excluding hydrogens is 765 g/mol. The molecule has 62 heavy (non-hydrogen) atoms. The minimum absolute atomic E-state index is 0.0670. The van der Waals surface area contributed by atoms with E-state index in [2.05, 4.69) is 93.7 Å². The van der Waals surface area contributed by atoms with Gasteiger partial charge in [-0.3, -0.25) is 9.59 Å². The number of hydrogen-bond acceptors (Lipinski definition) is 5. The molecule has 1 atom stereocenters. The summed E-state index contributed by atoms with van der Waals surface area (Å²) in [6, 6.07) is 0. The molecule has 0 radical (unpaired) electrons. The molecule has 0 saturated heterocycles. The minimum atomic E-state index is -0.549. The molecule has 0 saturated carbocycles. The lowest BCUT2D eigenvalue weighted by Crippen LogP contribution is -2.30. The summed E-state index contributed by atoms with van der Waals surface area (Å²) in [4.78, 5) is 25.2. The van der Waals surface area contributed by atoms with E-state index in [1.165, 1.54) is 128 Å². The van der Waals surface area contributed by atoms with Gasteiger partial charge in [-0.1, -0.05) is 222 Å². The van der Waals surface area contributed by atoms with Gasteiger partial charge in [0, 0.05) is 19.4 Å². The monoisotopic (exact) mass is 865 g/mol. The number of hydrogen-bond donors (Lipinski definition) is 0. The number of carbonyl (C=O) groups excluding carboxylic acids is 2. The van der Waals surface area contributed by atoms with Gasteiger partial charge in [0.1, 0.15) is 6.61 Å². The highest BCUT2D eigenvalue weighted by Crippen LogP contribution is 2.14. The first-order valence-corrected chi connectivity index (χ1v) is 26.5. The maximum atomic E-state index is 12.7. The van der Waals surface area contributed by atoms with E-state index in [4.69, 9.17) is 14.2 Å². The van der Waals surface area contributed by atoms with Crippen LogP contribution in [0, 0.1) is 0 Å². The molecule has 0 rings (SSSR count). The average molecular weight is 865 g/mol. The molecule has 0 aliphatic carbocycles.